The number of hydrogen-bond acceptors (Lipinski definition) is 2. The van der Waals surface area contributed by atoms with Crippen LogP contribution in [0.5, 0.6) is 0 Å². The number of aliphatic hydroxyl groups excluding tert-OH is 1. The van der Waals surface area contributed by atoms with Gasteiger partial charge >= 0.3 is 6.18 Å². The molecule has 0 spiro atoms. The van der Waals surface area contributed by atoms with E-state index in [-0.39, 0.29) is 11.7 Å². The van der Waals surface area contributed by atoms with Crippen molar-refractivity contribution in [3.05, 3.63) is 17.0 Å². The SMILES string of the molecule is CC1CC(n2nc(C(F)(F)F)c3c2CC(F)(F)[C@H]3O)C1. The van der Waals surface area contributed by atoms with Gasteiger partial charge in [-0.2, -0.15) is 18.3 Å². The number of fused-ring (bicyclic) bond motifs is 1. The van der Waals surface area contributed by atoms with E-state index in [1.165, 1.54) is 0 Å². The highest BCUT2D eigenvalue weighted by molar-refractivity contribution is 5.38. The summed E-state index contributed by atoms with van der Waals surface area (Å²) in [6.07, 6.45) is -6.93. The highest BCUT2D eigenvalue weighted by Gasteiger charge is 2.55. The number of aromatic nitrogens is 2. The van der Waals surface area contributed by atoms with Crippen molar-refractivity contribution in [2.45, 2.75) is 50.4 Å². The van der Waals surface area contributed by atoms with Gasteiger partial charge in [0, 0.05) is 5.56 Å². The summed E-state index contributed by atoms with van der Waals surface area (Å²) in [6, 6.07) is -0.282. The summed E-state index contributed by atoms with van der Waals surface area (Å²) in [5.74, 6) is -3.22. The lowest BCUT2D eigenvalue weighted by Gasteiger charge is -2.33. The zero-order valence-corrected chi connectivity index (χ0v) is 10.6. The second kappa shape index (κ2) is 3.93. The molecule has 1 aromatic heterocycles. The van der Waals surface area contributed by atoms with Crippen molar-refractivity contribution < 1.29 is 27.1 Å². The molecule has 0 unspecified atom stereocenters. The van der Waals surface area contributed by atoms with Gasteiger partial charge in [-0.1, -0.05) is 6.92 Å². The average molecular weight is 296 g/mol. The van der Waals surface area contributed by atoms with E-state index in [4.69, 9.17) is 0 Å². The Kier molecular flexibility index (Phi) is 2.71. The summed E-state index contributed by atoms with van der Waals surface area (Å²) in [7, 11) is 0. The Bertz CT molecular complexity index is 545. The number of hydrogen-bond donors (Lipinski definition) is 1. The molecule has 8 heteroatoms. The normalized spacial score (nSPS) is 32.0. The van der Waals surface area contributed by atoms with Gasteiger partial charge in [0.25, 0.3) is 5.92 Å². The maximum absolute atomic E-state index is 13.5. The molecule has 0 amide bonds. The van der Waals surface area contributed by atoms with Crippen LogP contribution in [0, 0.1) is 5.92 Å². The monoisotopic (exact) mass is 296 g/mol. The minimum atomic E-state index is -4.84. The summed E-state index contributed by atoms with van der Waals surface area (Å²) in [5, 5.41) is 13.0. The molecule has 0 saturated heterocycles. The molecule has 0 radical (unpaired) electrons. The van der Waals surface area contributed by atoms with Crippen LogP contribution in [0.1, 0.15) is 48.9 Å². The first-order valence-corrected chi connectivity index (χ1v) is 6.35. The Morgan fingerprint density at radius 1 is 1.30 bits per heavy atom. The summed E-state index contributed by atoms with van der Waals surface area (Å²) in [5.41, 5.74) is -2.30. The molecule has 1 N–H and O–H groups in total. The molecule has 1 saturated carbocycles. The molecule has 2 aliphatic rings. The molecule has 1 heterocycles. The van der Waals surface area contributed by atoms with Crippen molar-refractivity contribution in [1.29, 1.82) is 0 Å². The van der Waals surface area contributed by atoms with Gasteiger partial charge in [-0.25, -0.2) is 8.78 Å². The molecule has 3 rings (SSSR count). The van der Waals surface area contributed by atoms with Crippen LogP contribution in [0.3, 0.4) is 0 Å². The maximum Gasteiger partial charge on any atom is 0.435 e. The summed E-state index contributed by atoms with van der Waals surface area (Å²) in [6.45, 7) is 1.94. The molecule has 1 atom stereocenters. The van der Waals surface area contributed by atoms with Crippen molar-refractivity contribution in [3.8, 4) is 0 Å². The fourth-order valence-corrected chi connectivity index (χ4v) is 3.05. The Balaban J connectivity index is 2.09. The predicted octanol–water partition coefficient (Wildman–Crippen LogP) is 3.10. The van der Waals surface area contributed by atoms with Crippen molar-refractivity contribution in [1.82, 2.24) is 9.78 Å². The second-order valence-electron chi connectivity index (χ2n) is 5.72. The van der Waals surface area contributed by atoms with Crippen LogP contribution in [0.2, 0.25) is 0 Å². The molecule has 2 aliphatic carbocycles. The van der Waals surface area contributed by atoms with E-state index in [2.05, 4.69) is 5.10 Å². The molecule has 1 aromatic rings. The molecule has 0 aromatic carbocycles. The first-order chi connectivity index (χ1) is 9.11. The van der Waals surface area contributed by atoms with E-state index in [1.54, 1.807) is 0 Å². The van der Waals surface area contributed by atoms with Gasteiger partial charge < -0.3 is 5.11 Å². The Morgan fingerprint density at radius 3 is 2.40 bits per heavy atom. The predicted molar refractivity (Wildman–Crippen MR) is 58.3 cm³/mol. The summed E-state index contributed by atoms with van der Waals surface area (Å²) >= 11 is 0. The van der Waals surface area contributed by atoms with Gasteiger partial charge in [-0.3, -0.25) is 4.68 Å². The third-order valence-corrected chi connectivity index (χ3v) is 4.09. The van der Waals surface area contributed by atoms with E-state index in [0.717, 1.165) is 4.68 Å². The Labute approximate surface area is 111 Å². The summed E-state index contributed by atoms with van der Waals surface area (Å²) < 4.78 is 66.8. The molecule has 0 aliphatic heterocycles. The second-order valence-corrected chi connectivity index (χ2v) is 5.72. The minimum Gasteiger partial charge on any atom is -0.382 e. The third-order valence-electron chi connectivity index (χ3n) is 4.09. The molecular formula is C12H13F5N2O. The Morgan fingerprint density at radius 2 is 1.90 bits per heavy atom. The first kappa shape index (κ1) is 13.8. The van der Waals surface area contributed by atoms with Crippen molar-refractivity contribution >= 4 is 0 Å². The highest BCUT2D eigenvalue weighted by atomic mass is 19.4. The fourth-order valence-electron chi connectivity index (χ4n) is 3.05. The molecule has 0 bridgehead atoms. The van der Waals surface area contributed by atoms with Crippen LogP contribution < -0.4 is 0 Å². The molecule has 112 valence electrons. The number of rotatable bonds is 1. The van der Waals surface area contributed by atoms with Crippen molar-refractivity contribution in [2.24, 2.45) is 5.92 Å². The maximum atomic E-state index is 13.5. The third kappa shape index (κ3) is 1.84. The van der Waals surface area contributed by atoms with Crippen LogP contribution in [0.4, 0.5) is 22.0 Å². The van der Waals surface area contributed by atoms with Crippen LogP contribution in [0.25, 0.3) is 0 Å². The number of aliphatic hydroxyl groups is 1. The van der Waals surface area contributed by atoms with Gasteiger partial charge in [0.05, 0.1) is 18.2 Å². The molecule has 20 heavy (non-hydrogen) atoms. The quantitative estimate of drug-likeness (QED) is 0.809. The van der Waals surface area contributed by atoms with Crippen LogP contribution in [0.15, 0.2) is 0 Å². The van der Waals surface area contributed by atoms with Gasteiger partial charge in [-0.05, 0) is 18.8 Å². The van der Waals surface area contributed by atoms with Crippen molar-refractivity contribution in [3.63, 3.8) is 0 Å². The van der Waals surface area contributed by atoms with Gasteiger partial charge in [-0.15, -0.1) is 0 Å². The Hall–Kier alpha value is -1.18. The smallest absolute Gasteiger partial charge is 0.382 e. The molecule has 3 nitrogen and oxygen atoms in total. The van der Waals surface area contributed by atoms with Crippen LogP contribution in [-0.4, -0.2) is 20.8 Å². The van der Waals surface area contributed by atoms with E-state index in [1.807, 2.05) is 6.92 Å². The summed E-state index contributed by atoms with van der Waals surface area (Å²) in [4.78, 5) is 0. The average Bonchev–Trinajstić information content (AvgIpc) is 2.71. The zero-order chi connectivity index (χ0) is 14.9. The number of alkyl halides is 5. The van der Waals surface area contributed by atoms with E-state index in [9.17, 15) is 27.1 Å². The minimum absolute atomic E-state index is 0.174. The number of nitrogens with zero attached hydrogens (tertiary/aromatic N) is 2. The first-order valence-electron chi connectivity index (χ1n) is 6.35. The molecule has 1 fully saturated rings. The fraction of sp³-hybridized carbons (Fsp3) is 0.750. The lowest BCUT2D eigenvalue weighted by Crippen LogP contribution is -2.29. The van der Waals surface area contributed by atoms with E-state index in [0.29, 0.717) is 18.8 Å². The van der Waals surface area contributed by atoms with Gasteiger partial charge in [0.2, 0.25) is 0 Å². The van der Waals surface area contributed by atoms with Gasteiger partial charge in [0.1, 0.15) is 6.10 Å². The van der Waals surface area contributed by atoms with E-state index < -0.39 is 35.9 Å². The van der Waals surface area contributed by atoms with Crippen LogP contribution in [-0.2, 0) is 12.6 Å². The zero-order valence-electron chi connectivity index (χ0n) is 10.6. The topological polar surface area (TPSA) is 38.0 Å². The largest absolute Gasteiger partial charge is 0.435 e. The lowest BCUT2D eigenvalue weighted by molar-refractivity contribution is -0.146. The van der Waals surface area contributed by atoms with Crippen LogP contribution >= 0.6 is 0 Å². The van der Waals surface area contributed by atoms with Crippen molar-refractivity contribution in [2.75, 3.05) is 0 Å². The lowest BCUT2D eigenvalue weighted by atomic mass is 9.82. The number of halogens is 5. The van der Waals surface area contributed by atoms with E-state index >= 15 is 0 Å². The highest BCUT2D eigenvalue weighted by Crippen LogP contribution is 2.50. The van der Waals surface area contributed by atoms with Gasteiger partial charge in [0.15, 0.2) is 5.69 Å². The molecular weight excluding hydrogens is 283 g/mol. The standard InChI is InChI=1S/C12H13F5N2O/c1-5-2-6(3-5)19-7-4-11(13,14)10(20)8(7)9(18-19)12(15,16)17/h5-6,10,20H,2-4H2,1H3/t5?,6?,10-/m0/s1.